The van der Waals surface area contributed by atoms with Gasteiger partial charge in [-0.3, -0.25) is 29.2 Å². The van der Waals surface area contributed by atoms with Gasteiger partial charge in [0.2, 0.25) is 11.8 Å². The first-order chi connectivity index (χ1) is 20.5. The highest BCUT2D eigenvalue weighted by atomic mass is 32.2. The number of rotatable bonds is 10. The van der Waals surface area contributed by atoms with Gasteiger partial charge in [0.15, 0.2) is 15.6 Å². The van der Waals surface area contributed by atoms with Crippen molar-refractivity contribution in [2.24, 2.45) is 11.8 Å². The van der Waals surface area contributed by atoms with Crippen molar-refractivity contribution in [1.82, 2.24) is 25.0 Å². The van der Waals surface area contributed by atoms with E-state index in [2.05, 4.69) is 27.3 Å². The third-order valence-electron chi connectivity index (χ3n) is 8.28. The smallest absolute Gasteiger partial charge is 0.231 e. The Morgan fingerprint density at radius 2 is 1.79 bits per heavy atom. The topological polar surface area (TPSA) is 140 Å². The number of sulfone groups is 1. The fraction of sp³-hybridized carbons (Fsp3) is 0.484. The van der Waals surface area contributed by atoms with Gasteiger partial charge in [0, 0.05) is 63.4 Å². The molecule has 4 heterocycles. The van der Waals surface area contributed by atoms with Crippen LogP contribution in [0.5, 0.6) is 5.75 Å². The van der Waals surface area contributed by atoms with Crippen molar-refractivity contribution in [1.29, 1.82) is 0 Å². The van der Waals surface area contributed by atoms with E-state index >= 15 is 0 Å². The van der Waals surface area contributed by atoms with E-state index in [1.165, 1.54) is 23.9 Å². The maximum absolute atomic E-state index is 14.2. The Kier molecular flexibility index (Phi) is 9.16. The Morgan fingerprint density at radius 1 is 1.07 bits per heavy atom. The highest BCUT2D eigenvalue weighted by molar-refractivity contribution is 7.91. The van der Waals surface area contributed by atoms with E-state index in [0.717, 1.165) is 11.4 Å². The van der Waals surface area contributed by atoms with Crippen LogP contribution in [0.4, 0.5) is 0 Å². The van der Waals surface area contributed by atoms with Gasteiger partial charge < -0.3 is 15.3 Å². The molecule has 1 fully saturated rings. The molecule has 43 heavy (non-hydrogen) atoms. The number of hydrogen-bond acceptors (Lipinski definition) is 9. The molecule has 12 heteroatoms. The van der Waals surface area contributed by atoms with Crippen LogP contribution in [-0.4, -0.2) is 88.9 Å². The number of amides is 2. The molecule has 2 amide bonds. The molecule has 0 radical (unpaired) electrons. The van der Waals surface area contributed by atoms with Crippen LogP contribution >= 0.6 is 0 Å². The fourth-order valence-electron chi connectivity index (χ4n) is 6.12. The summed E-state index contributed by atoms with van der Waals surface area (Å²) in [5.41, 5.74) is 1.67. The van der Waals surface area contributed by atoms with E-state index in [-0.39, 0.29) is 54.1 Å². The average molecular weight is 610 g/mol. The monoisotopic (exact) mass is 609 g/mol. The molecule has 230 valence electrons. The summed E-state index contributed by atoms with van der Waals surface area (Å²) >= 11 is 0. The zero-order valence-corrected chi connectivity index (χ0v) is 25.4. The van der Waals surface area contributed by atoms with E-state index in [9.17, 15) is 27.9 Å². The number of Topliss-reactive ketones (excluding diaryl/α,β-unsaturated/α-hetero) is 1. The number of aromatic hydroxyl groups is 1. The third-order valence-corrected chi connectivity index (χ3v) is 10.2. The molecule has 2 N–H and O–H groups in total. The number of hydrogen-bond donors (Lipinski definition) is 2. The van der Waals surface area contributed by atoms with Crippen LogP contribution in [0.2, 0.25) is 0 Å². The van der Waals surface area contributed by atoms with Crippen LogP contribution < -0.4 is 5.32 Å². The second kappa shape index (κ2) is 12.8. The first-order valence-corrected chi connectivity index (χ1v) is 16.5. The summed E-state index contributed by atoms with van der Waals surface area (Å²) in [6.45, 7) is 7.20. The minimum atomic E-state index is -4.09. The zero-order chi connectivity index (χ0) is 30.7. The predicted molar refractivity (Wildman–Crippen MR) is 160 cm³/mol. The number of pyridine rings is 1. The molecule has 0 bridgehead atoms. The largest absolute Gasteiger partial charge is 0.506 e. The second-order valence-corrected chi connectivity index (χ2v) is 14.1. The Morgan fingerprint density at radius 3 is 2.47 bits per heavy atom. The van der Waals surface area contributed by atoms with Crippen LogP contribution in [0, 0.1) is 11.8 Å². The maximum atomic E-state index is 14.2. The number of nitrogens with one attached hydrogen (secondary N) is 1. The van der Waals surface area contributed by atoms with Crippen molar-refractivity contribution >= 4 is 27.4 Å². The maximum Gasteiger partial charge on any atom is 0.231 e. The summed E-state index contributed by atoms with van der Waals surface area (Å²) in [6, 6.07) is 13.0. The molecule has 2 aromatic rings. The van der Waals surface area contributed by atoms with Crippen molar-refractivity contribution in [3.63, 3.8) is 0 Å². The van der Waals surface area contributed by atoms with Crippen molar-refractivity contribution in [3.05, 3.63) is 71.3 Å². The SMILES string of the molecule is CC(C)CC(CC(=O)N1CCN(Cc2ccccc2)CC1)C(=O)N1C2=C(CC1S(=O)(=O)Cc1ncccc1O)NCC2=O. The van der Waals surface area contributed by atoms with E-state index in [1.807, 2.05) is 32.0 Å². The highest BCUT2D eigenvalue weighted by Gasteiger charge is 2.49. The molecule has 5 rings (SSSR count). The van der Waals surface area contributed by atoms with Gasteiger partial charge in [0.25, 0.3) is 0 Å². The molecule has 1 aromatic carbocycles. The van der Waals surface area contributed by atoms with Crippen LogP contribution in [0.1, 0.15) is 44.4 Å². The van der Waals surface area contributed by atoms with Crippen LogP contribution in [-0.2, 0) is 36.5 Å². The lowest BCUT2D eigenvalue weighted by atomic mass is 9.92. The number of carbonyl (C=O) groups excluding carboxylic acids is 3. The summed E-state index contributed by atoms with van der Waals surface area (Å²) in [7, 11) is -4.09. The molecule has 0 aliphatic carbocycles. The molecule has 2 unspecified atom stereocenters. The number of piperazine rings is 1. The van der Waals surface area contributed by atoms with Crippen LogP contribution in [0.25, 0.3) is 0 Å². The van der Waals surface area contributed by atoms with Gasteiger partial charge >= 0.3 is 0 Å². The van der Waals surface area contributed by atoms with E-state index < -0.39 is 32.8 Å². The summed E-state index contributed by atoms with van der Waals surface area (Å²) in [5.74, 6) is -2.64. The van der Waals surface area contributed by atoms with Crippen molar-refractivity contribution in [2.45, 2.75) is 50.8 Å². The van der Waals surface area contributed by atoms with Gasteiger partial charge in [0.1, 0.15) is 16.8 Å². The van der Waals surface area contributed by atoms with Crippen LogP contribution in [0.3, 0.4) is 0 Å². The molecule has 11 nitrogen and oxygen atoms in total. The second-order valence-electron chi connectivity index (χ2n) is 11.9. The number of nitrogens with zero attached hydrogens (tertiary/aromatic N) is 4. The van der Waals surface area contributed by atoms with E-state index in [0.29, 0.717) is 38.3 Å². The van der Waals surface area contributed by atoms with Gasteiger partial charge in [-0.05, 0) is 30.0 Å². The molecule has 0 spiro atoms. The van der Waals surface area contributed by atoms with E-state index in [1.54, 1.807) is 4.90 Å². The summed E-state index contributed by atoms with van der Waals surface area (Å²) in [4.78, 5) is 49.8. The van der Waals surface area contributed by atoms with Crippen molar-refractivity contribution < 1.29 is 27.9 Å². The fourth-order valence-corrected chi connectivity index (χ4v) is 7.87. The summed E-state index contributed by atoms with van der Waals surface area (Å²) in [5, 5.41) is 11.8. The molecule has 3 aliphatic heterocycles. The lowest BCUT2D eigenvalue weighted by Gasteiger charge is -2.36. The Balaban J connectivity index is 1.32. The highest BCUT2D eigenvalue weighted by Crippen LogP contribution is 2.38. The standard InChI is InChI=1S/C31H39N5O6S/c1-21(2)15-23(16-28(39)35-13-11-34(12-14-35)19-22-7-4-3-5-8-22)31(40)36-29(17-24-30(36)27(38)18-33-24)43(41,42)20-25-26(37)9-6-10-32-25/h3-10,21,23,29,33,37H,11-20H2,1-2H3. The number of ketones is 1. The number of carbonyl (C=O) groups is 3. The molecule has 3 aliphatic rings. The Bertz CT molecular complexity index is 1500. The normalized spacial score (nSPS) is 20.0. The number of benzene rings is 1. The average Bonchev–Trinajstić information content (AvgIpc) is 3.54. The van der Waals surface area contributed by atoms with E-state index in [4.69, 9.17) is 0 Å². The van der Waals surface area contributed by atoms with Gasteiger partial charge in [-0.25, -0.2) is 8.42 Å². The van der Waals surface area contributed by atoms with Gasteiger partial charge in [0.05, 0.1) is 18.0 Å². The van der Waals surface area contributed by atoms with Crippen molar-refractivity contribution in [3.8, 4) is 5.75 Å². The lowest BCUT2D eigenvalue weighted by molar-refractivity contribution is -0.142. The third kappa shape index (κ3) is 6.91. The number of aromatic nitrogens is 1. The Labute approximate surface area is 252 Å². The minimum absolute atomic E-state index is 0.0106. The zero-order valence-electron chi connectivity index (χ0n) is 24.6. The Hall–Kier alpha value is -3.77. The lowest BCUT2D eigenvalue weighted by Crippen LogP contribution is -2.50. The first kappa shape index (κ1) is 30.7. The van der Waals surface area contributed by atoms with Crippen molar-refractivity contribution in [2.75, 3.05) is 32.7 Å². The van der Waals surface area contributed by atoms with Gasteiger partial charge in [-0.15, -0.1) is 0 Å². The molecule has 2 atom stereocenters. The molecular weight excluding hydrogens is 570 g/mol. The van der Waals surface area contributed by atoms with Crippen LogP contribution in [0.15, 0.2) is 60.1 Å². The minimum Gasteiger partial charge on any atom is -0.506 e. The molecule has 1 aromatic heterocycles. The summed E-state index contributed by atoms with van der Waals surface area (Å²) < 4.78 is 27.4. The molecule has 1 saturated heterocycles. The summed E-state index contributed by atoms with van der Waals surface area (Å²) in [6.07, 6.45) is 1.63. The predicted octanol–water partition coefficient (Wildman–Crippen LogP) is 2.04. The first-order valence-electron chi connectivity index (χ1n) is 14.7. The molecule has 0 saturated carbocycles. The quantitative estimate of drug-likeness (QED) is 0.414. The van der Waals surface area contributed by atoms with Gasteiger partial charge in [-0.1, -0.05) is 44.2 Å². The molecular formula is C31H39N5O6S. The van der Waals surface area contributed by atoms with Gasteiger partial charge in [-0.2, -0.15) is 0 Å².